The van der Waals surface area contributed by atoms with Gasteiger partial charge >= 0.3 is 0 Å². The maximum atomic E-state index is 10.9. The van der Waals surface area contributed by atoms with Gasteiger partial charge in [-0.15, -0.1) is 11.6 Å². The monoisotopic (exact) mass is 306 g/mol. The molecule has 0 N–H and O–H groups in total. The molecule has 0 aliphatic rings. The van der Waals surface area contributed by atoms with Crippen LogP contribution in [0.2, 0.25) is 0 Å². The Morgan fingerprint density at radius 1 is 1.19 bits per heavy atom. The summed E-state index contributed by atoms with van der Waals surface area (Å²) in [7, 11) is 3.88. The molecule has 2 rings (SSSR count). The molecule has 0 fully saturated rings. The Kier molecular flexibility index (Phi) is 4.65. The van der Waals surface area contributed by atoms with Gasteiger partial charge in [0, 0.05) is 37.5 Å². The van der Waals surface area contributed by atoms with Crippen molar-refractivity contribution in [3.63, 3.8) is 0 Å². The first-order valence-electron chi connectivity index (χ1n) is 6.30. The van der Waals surface area contributed by atoms with Crippen LogP contribution >= 0.6 is 11.6 Å². The summed E-state index contributed by atoms with van der Waals surface area (Å²) in [6.07, 6.45) is 0. The number of rotatable bonds is 5. The van der Waals surface area contributed by atoms with Crippen molar-refractivity contribution in [2.45, 2.75) is 5.88 Å². The predicted molar refractivity (Wildman–Crippen MR) is 83.5 cm³/mol. The van der Waals surface area contributed by atoms with E-state index in [1.807, 2.05) is 43.3 Å². The number of anilines is 1. The zero-order valence-electron chi connectivity index (χ0n) is 11.7. The van der Waals surface area contributed by atoms with Gasteiger partial charge in [0.2, 0.25) is 0 Å². The van der Waals surface area contributed by atoms with Crippen LogP contribution in [0.25, 0.3) is 0 Å². The zero-order valence-corrected chi connectivity index (χ0v) is 12.5. The van der Waals surface area contributed by atoms with Gasteiger partial charge in [0.15, 0.2) is 0 Å². The van der Waals surface area contributed by atoms with Crippen LogP contribution < -0.4 is 9.64 Å². The van der Waals surface area contributed by atoms with Crippen LogP contribution in [0.5, 0.6) is 11.5 Å². The van der Waals surface area contributed by atoms with E-state index in [0.29, 0.717) is 17.1 Å². The third-order valence-electron chi connectivity index (χ3n) is 2.96. The Balaban J connectivity index is 2.27. The smallest absolute Gasteiger partial charge is 0.274 e. The summed E-state index contributed by atoms with van der Waals surface area (Å²) in [6.45, 7) is 0. The van der Waals surface area contributed by atoms with E-state index in [9.17, 15) is 10.1 Å². The highest BCUT2D eigenvalue weighted by Gasteiger charge is 2.14. The summed E-state index contributed by atoms with van der Waals surface area (Å²) < 4.78 is 5.74. The van der Waals surface area contributed by atoms with Gasteiger partial charge in [-0.3, -0.25) is 10.1 Å². The fourth-order valence-electron chi connectivity index (χ4n) is 1.87. The molecule has 21 heavy (non-hydrogen) atoms. The lowest BCUT2D eigenvalue weighted by Crippen LogP contribution is -2.08. The van der Waals surface area contributed by atoms with E-state index < -0.39 is 4.92 Å². The van der Waals surface area contributed by atoms with E-state index >= 15 is 0 Å². The second-order valence-corrected chi connectivity index (χ2v) is 4.94. The first-order chi connectivity index (χ1) is 10.0. The van der Waals surface area contributed by atoms with Crippen molar-refractivity contribution in [3.05, 3.63) is 58.1 Å². The van der Waals surface area contributed by atoms with Gasteiger partial charge in [-0.1, -0.05) is 6.07 Å². The fourth-order valence-corrected chi connectivity index (χ4v) is 2.09. The van der Waals surface area contributed by atoms with Crippen LogP contribution in [-0.4, -0.2) is 19.0 Å². The lowest BCUT2D eigenvalue weighted by atomic mass is 10.2. The molecule has 0 aliphatic heterocycles. The van der Waals surface area contributed by atoms with E-state index in [1.165, 1.54) is 6.07 Å². The number of nitro benzene ring substituents is 1. The van der Waals surface area contributed by atoms with Crippen molar-refractivity contribution < 1.29 is 9.66 Å². The zero-order chi connectivity index (χ0) is 15.4. The van der Waals surface area contributed by atoms with Gasteiger partial charge in [-0.05, 0) is 24.3 Å². The van der Waals surface area contributed by atoms with E-state index in [1.54, 1.807) is 12.1 Å². The molecule has 0 spiro atoms. The van der Waals surface area contributed by atoms with Crippen molar-refractivity contribution in [1.82, 2.24) is 0 Å². The van der Waals surface area contributed by atoms with Crippen LogP contribution in [0, 0.1) is 10.1 Å². The molecule has 110 valence electrons. The van der Waals surface area contributed by atoms with Crippen LogP contribution in [-0.2, 0) is 5.88 Å². The maximum absolute atomic E-state index is 10.9. The van der Waals surface area contributed by atoms with Crippen molar-refractivity contribution >= 4 is 23.0 Å². The van der Waals surface area contributed by atoms with Crippen LogP contribution in [0.4, 0.5) is 11.4 Å². The summed E-state index contributed by atoms with van der Waals surface area (Å²) in [5.41, 5.74) is 1.44. The number of hydrogen-bond acceptors (Lipinski definition) is 4. The first-order valence-corrected chi connectivity index (χ1v) is 6.83. The number of hydrogen-bond donors (Lipinski definition) is 0. The minimum absolute atomic E-state index is 0.000563. The topological polar surface area (TPSA) is 55.6 Å². The molecule has 5 nitrogen and oxygen atoms in total. The van der Waals surface area contributed by atoms with Crippen molar-refractivity contribution in [1.29, 1.82) is 0 Å². The third-order valence-corrected chi connectivity index (χ3v) is 3.25. The molecule has 0 amide bonds. The molecule has 0 saturated heterocycles. The van der Waals surface area contributed by atoms with E-state index in [2.05, 4.69) is 0 Å². The minimum Gasteiger partial charge on any atom is -0.457 e. The lowest BCUT2D eigenvalue weighted by molar-refractivity contribution is -0.385. The van der Waals surface area contributed by atoms with Gasteiger partial charge in [0.05, 0.1) is 10.8 Å². The standard InChI is InChI=1S/C15H15ClN2O3/c1-17(2)12-4-3-5-13(9-12)21-14-6-7-15(18(19)20)11(8-14)10-16/h3-9H,10H2,1-2H3. The number of ether oxygens (including phenoxy) is 1. The largest absolute Gasteiger partial charge is 0.457 e. The van der Waals surface area contributed by atoms with E-state index in [0.717, 1.165) is 5.69 Å². The summed E-state index contributed by atoms with van der Waals surface area (Å²) >= 11 is 5.75. The Morgan fingerprint density at radius 3 is 2.52 bits per heavy atom. The molecule has 0 aliphatic carbocycles. The summed E-state index contributed by atoms with van der Waals surface area (Å²) in [6, 6.07) is 12.1. The van der Waals surface area contributed by atoms with Crippen LogP contribution in [0.3, 0.4) is 0 Å². The molecule has 0 bridgehead atoms. The molecular formula is C15H15ClN2O3. The number of nitro groups is 1. The molecular weight excluding hydrogens is 292 g/mol. The first kappa shape index (κ1) is 15.1. The highest BCUT2D eigenvalue weighted by Crippen LogP contribution is 2.30. The molecule has 2 aromatic carbocycles. The molecule has 2 aromatic rings. The maximum Gasteiger partial charge on any atom is 0.274 e. The average molecular weight is 307 g/mol. The summed E-state index contributed by atoms with van der Waals surface area (Å²) in [5, 5.41) is 10.9. The Bertz CT molecular complexity index is 659. The second-order valence-electron chi connectivity index (χ2n) is 4.68. The number of benzene rings is 2. The minimum atomic E-state index is -0.450. The molecule has 0 unspecified atom stereocenters. The molecule has 0 aromatic heterocycles. The van der Waals surface area contributed by atoms with Crippen molar-refractivity contribution in [2.75, 3.05) is 19.0 Å². The highest BCUT2D eigenvalue weighted by molar-refractivity contribution is 6.17. The highest BCUT2D eigenvalue weighted by atomic mass is 35.5. The Morgan fingerprint density at radius 2 is 1.90 bits per heavy atom. The van der Waals surface area contributed by atoms with Crippen LogP contribution in [0.1, 0.15) is 5.56 Å². The predicted octanol–water partition coefficient (Wildman–Crippen LogP) is 4.19. The molecule has 0 atom stereocenters. The van der Waals surface area contributed by atoms with Crippen molar-refractivity contribution in [3.8, 4) is 11.5 Å². The van der Waals surface area contributed by atoms with Gasteiger partial charge in [-0.25, -0.2) is 0 Å². The van der Waals surface area contributed by atoms with Gasteiger partial charge in [0.25, 0.3) is 5.69 Å². The molecule has 0 heterocycles. The fraction of sp³-hybridized carbons (Fsp3) is 0.200. The molecule has 0 radical (unpaired) electrons. The van der Waals surface area contributed by atoms with Gasteiger partial charge in [0.1, 0.15) is 11.5 Å². The molecule has 0 saturated carbocycles. The van der Waals surface area contributed by atoms with Crippen molar-refractivity contribution in [2.24, 2.45) is 0 Å². The van der Waals surface area contributed by atoms with Gasteiger partial charge in [-0.2, -0.15) is 0 Å². The number of nitrogens with zero attached hydrogens (tertiary/aromatic N) is 2. The van der Waals surface area contributed by atoms with Gasteiger partial charge < -0.3 is 9.64 Å². The Labute approximate surface area is 127 Å². The number of halogens is 1. The third kappa shape index (κ3) is 3.64. The normalized spacial score (nSPS) is 10.2. The SMILES string of the molecule is CN(C)c1cccc(Oc2ccc([N+](=O)[O-])c(CCl)c2)c1. The Hall–Kier alpha value is -2.27. The lowest BCUT2D eigenvalue weighted by Gasteiger charge is -2.14. The molecule has 6 heteroatoms. The summed E-state index contributed by atoms with van der Waals surface area (Å²) in [4.78, 5) is 12.4. The summed E-state index contributed by atoms with van der Waals surface area (Å²) in [5.74, 6) is 1.24. The number of alkyl halides is 1. The van der Waals surface area contributed by atoms with E-state index in [4.69, 9.17) is 16.3 Å². The quantitative estimate of drug-likeness (QED) is 0.472. The second kappa shape index (κ2) is 6.45. The average Bonchev–Trinajstić information content (AvgIpc) is 2.47. The van der Waals surface area contributed by atoms with E-state index in [-0.39, 0.29) is 11.6 Å². The van der Waals surface area contributed by atoms with Crippen LogP contribution in [0.15, 0.2) is 42.5 Å².